The molecule has 1 aliphatic heterocycles. The van der Waals surface area contributed by atoms with E-state index in [0.717, 1.165) is 43.5 Å². The first-order valence-electron chi connectivity index (χ1n) is 9.06. The summed E-state index contributed by atoms with van der Waals surface area (Å²) in [5.74, 6) is 0.241. The van der Waals surface area contributed by atoms with Crippen molar-refractivity contribution in [3.05, 3.63) is 65.4 Å². The van der Waals surface area contributed by atoms with Crippen molar-refractivity contribution in [2.24, 2.45) is 0 Å². The summed E-state index contributed by atoms with van der Waals surface area (Å²) in [5, 5.41) is 7.66. The molecule has 0 radical (unpaired) electrons. The van der Waals surface area contributed by atoms with Gasteiger partial charge in [0, 0.05) is 42.8 Å². The highest BCUT2D eigenvalue weighted by molar-refractivity contribution is 5.77. The number of nitrogens with one attached hydrogen (secondary N) is 1. The van der Waals surface area contributed by atoms with Crippen LogP contribution in [0.15, 0.2) is 54.1 Å². The van der Waals surface area contributed by atoms with Crippen molar-refractivity contribution in [3.8, 4) is 11.3 Å². The quantitative estimate of drug-likeness (QED) is 0.919. The van der Waals surface area contributed by atoms with E-state index in [9.17, 15) is 4.79 Å². The molecular weight excluding hydrogens is 310 g/mol. The zero-order valence-electron chi connectivity index (χ0n) is 14.4. The number of allylic oxidation sites excluding steroid dienone is 4. The van der Waals surface area contributed by atoms with Gasteiger partial charge in [-0.25, -0.2) is 0 Å². The number of carbonyl (C=O) groups is 1. The summed E-state index contributed by atoms with van der Waals surface area (Å²) in [5.41, 5.74) is 5.71. The van der Waals surface area contributed by atoms with Crippen LogP contribution in [0.3, 0.4) is 0 Å². The standard InChI is InChI=1S/C21H23N3O/c25-20(12-11-16-7-3-1-4-8-16)24-14-13-19-18(15-24)21(23-22-19)17-9-5-2-6-10-17/h2-3,5-10H,1,4,11-15H2,(H,22,23). The normalized spacial score (nSPS) is 16.5. The third-order valence-electron chi connectivity index (χ3n) is 5.03. The molecule has 128 valence electrons. The van der Waals surface area contributed by atoms with Crippen molar-refractivity contribution in [2.45, 2.75) is 38.6 Å². The van der Waals surface area contributed by atoms with E-state index in [0.29, 0.717) is 13.0 Å². The van der Waals surface area contributed by atoms with Crippen LogP contribution < -0.4 is 0 Å². The first kappa shape index (κ1) is 15.9. The molecule has 4 rings (SSSR count). The lowest BCUT2D eigenvalue weighted by Gasteiger charge is -2.27. The monoisotopic (exact) mass is 333 g/mol. The van der Waals surface area contributed by atoms with Crippen LogP contribution in [0.1, 0.15) is 36.9 Å². The van der Waals surface area contributed by atoms with Gasteiger partial charge in [-0.1, -0.05) is 54.1 Å². The predicted molar refractivity (Wildman–Crippen MR) is 98.8 cm³/mol. The van der Waals surface area contributed by atoms with Gasteiger partial charge in [0.15, 0.2) is 0 Å². The highest BCUT2D eigenvalue weighted by atomic mass is 16.2. The Morgan fingerprint density at radius 3 is 2.88 bits per heavy atom. The van der Waals surface area contributed by atoms with Crippen molar-refractivity contribution in [3.63, 3.8) is 0 Å². The Bertz CT molecular complexity index is 817. The van der Waals surface area contributed by atoms with E-state index in [2.05, 4.69) is 40.6 Å². The number of hydrogen-bond donors (Lipinski definition) is 1. The first-order valence-corrected chi connectivity index (χ1v) is 9.06. The second-order valence-electron chi connectivity index (χ2n) is 6.72. The number of aromatic nitrogens is 2. The molecule has 1 N–H and O–H groups in total. The van der Waals surface area contributed by atoms with Crippen LogP contribution in [0.5, 0.6) is 0 Å². The molecule has 0 unspecified atom stereocenters. The third-order valence-corrected chi connectivity index (χ3v) is 5.03. The molecule has 1 aromatic heterocycles. The molecule has 0 fully saturated rings. The number of rotatable bonds is 4. The van der Waals surface area contributed by atoms with E-state index in [4.69, 9.17) is 0 Å². The first-order chi connectivity index (χ1) is 12.3. The second-order valence-corrected chi connectivity index (χ2v) is 6.72. The molecule has 25 heavy (non-hydrogen) atoms. The smallest absolute Gasteiger partial charge is 0.223 e. The van der Waals surface area contributed by atoms with E-state index in [1.54, 1.807) is 0 Å². The van der Waals surface area contributed by atoms with E-state index < -0.39 is 0 Å². The van der Waals surface area contributed by atoms with Crippen LogP contribution in [0.25, 0.3) is 11.3 Å². The van der Waals surface area contributed by atoms with Crippen LogP contribution in [0.2, 0.25) is 0 Å². The van der Waals surface area contributed by atoms with Crippen molar-refractivity contribution < 1.29 is 4.79 Å². The average molecular weight is 333 g/mol. The summed E-state index contributed by atoms with van der Waals surface area (Å²) < 4.78 is 0. The molecule has 0 saturated carbocycles. The molecule has 2 aliphatic rings. The Kier molecular flexibility index (Phi) is 4.51. The number of H-pyrrole nitrogens is 1. The minimum Gasteiger partial charge on any atom is -0.338 e. The maximum absolute atomic E-state index is 12.7. The summed E-state index contributed by atoms with van der Waals surface area (Å²) >= 11 is 0. The molecule has 0 spiro atoms. The second kappa shape index (κ2) is 7.09. The van der Waals surface area contributed by atoms with Gasteiger partial charge in [0.25, 0.3) is 0 Å². The summed E-state index contributed by atoms with van der Waals surface area (Å²) in [6.45, 7) is 1.43. The van der Waals surface area contributed by atoms with E-state index in [1.807, 2.05) is 23.1 Å². The van der Waals surface area contributed by atoms with Crippen molar-refractivity contribution >= 4 is 5.91 Å². The van der Waals surface area contributed by atoms with Crippen LogP contribution >= 0.6 is 0 Å². The Balaban J connectivity index is 1.45. The average Bonchev–Trinajstić information content (AvgIpc) is 3.11. The fraction of sp³-hybridized carbons (Fsp3) is 0.333. The minimum atomic E-state index is 0.241. The van der Waals surface area contributed by atoms with Gasteiger partial charge < -0.3 is 4.90 Å². The van der Waals surface area contributed by atoms with Gasteiger partial charge >= 0.3 is 0 Å². The number of carbonyl (C=O) groups excluding carboxylic acids is 1. The Hall–Kier alpha value is -2.62. The van der Waals surface area contributed by atoms with E-state index >= 15 is 0 Å². The molecule has 4 heteroatoms. The van der Waals surface area contributed by atoms with Crippen LogP contribution in [-0.2, 0) is 17.8 Å². The maximum atomic E-state index is 12.7. The molecule has 1 aromatic carbocycles. The van der Waals surface area contributed by atoms with Gasteiger partial charge in [-0.2, -0.15) is 5.10 Å². The molecule has 2 aromatic rings. The largest absolute Gasteiger partial charge is 0.338 e. The molecule has 4 nitrogen and oxygen atoms in total. The van der Waals surface area contributed by atoms with Crippen LogP contribution in [0, 0.1) is 0 Å². The molecule has 0 bridgehead atoms. The van der Waals surface area contributed by atoms with Crippen LogP contribution in [-0.4, -0.2) is 27.5 Å². The van der Waals surface area contributed by atoms with Gasteiger partial charge in [0.2, 0.25) is 5.91 Å². The number of amides is 1. The maximum Gasteiger partial charge on any atom is 0.223 e. The summed E-state index contributed by atoms with van der Waals surface area (Å²) in [4.78, 5) is 14.6. The number of nitrogens with zero attached hydrogens (tertiary/aromatic N) is 2. The van der Waals surface area contributed by atoms with Crippen LogP contribution in [0.4, 0.5) is 0 Å². The van der Waals surface area contributed by atoms with E-state index in [1.165, 1.54) is 16.8 Å². The van der Waals surface area contributed by atoms with Crippen molar-refractivity contribution in [2.75, 3.05) is 6.54 Å². The molecule has 0 atom stereocenters. The topological polar surface area (TPSA) is 49.0 Å². The predicted octanol–water partition coefficient (Wildman–Crippen LogP) is 4.02. The molecule has 2 heterocycles. The zero-order chi connectivity index (χ0) is 17.1. The lowest BCUT2D eigenvalue weighted by molar-refractivity contribution is -0.132. The lowest BCUT2D eigenvalue weighted by atomic mass is 9.99. The summed E-state index contributed by atoms with van der Waals surface area (Å²) in [7, 11) is 0. The number of fused-ring (bicyclic) bond motifs is 1. The van der Waals surface area contributed by atoms with Crippen molar-refractivity contribution in [1.29, 1.82) is 0 Å². The Morgan fingerprint density at radius 1 is 1.20 bits per heavy atom. The fourth-order valence-corrected chi connectivity index (χ4v) is 3.61. The highest BCUT2D eigenvalue weighted by Crippen LogP contribution is 2.28. The van der Waals surface area contributed by atoms with Crippen molar-refractivity contribution in [1.82, 2.24) is 15.1 Å². The molecule has 1 amide bonds. The van der Waals surface area contributed by atoms with Gasteiger partial charge in [0.05, 0.1) is 5.69 Å². The van der Waals surface area contributed by atoms with Gasteiger partial charge in [-0.15, -0.1) is 0 Å². The molecular formula is C21H23N3O. The summed E-state index contributed by atoms with van der Waals surface area (Å²) in [6, 6.07) is 10.2. The molecule has 1 aliphatic carbocycles. The fourth-order valence-electron chi connectivity index (χ4n) is 3.61. The minimum absolute atomic E-state index is 0.241. The van der Waals surface area contributed by atoms with Gasteiger partial charge in [0.1, 0.15) is 0 Å². The number of aromatic amines is 1. The third kappa shape index (κ3) is 3.43. The number of hydrogen-bond acceptors (Lipinski definition) is 2. The van der Waals surface area contributed by atoms with Gasteiger partial charge in [-0.05, 0) is 19.3 Å². The number of benzene rings is 1. The van der Waals surface area contributed by atoms with Gasteiger partial charge in [-0.3, -0.25) is 9.89 Å². The Morgan fingerprint density at radius 2 is 2.08 bits per heavy atom. The summed E-state index contributed by atoms with van der Waals surface area (Å²) in [6.07, 6.45) is 11.1. The lowest BCUT2D eigenvalue weighted by Crippen LogP contribution is -2.35. The highest BCUT2D eigenvalue weighted by Gasteiger charge is 2.25. The zero-order valence-corrected chi connectivity index (χ0v) is 14.4. The Labute approximate surface area is 148 Å². The SMILES string of the molecule is O=C(CCC1=CCCC=C1)N1CCc2[nH]nc(-c3ccccc3)c2C1. The van der Waals surface area contributed by atoms with E-state index in [-0.39, 0.29) is 5.91 Å². The molecule has 0 saturated heterocycles.